The second kappa shape index (κ2) is 30.5. The lowest BCUT2D eigenvalue weighted by Gasteiger charge is -2.22. The van der Waals surface area contributed by atoms with Gasteiger partial charge < -0.3 is 33.2 Å². The highest BCUT2D eigenvalue weighted by Gasteiger charge is 2.50. The van der Waals surface area contributed by atoms with Gasteiger partial charge in [0.1, 0.15) is 49.3 Å². The summed E-state index contributed by atoms with van der Waals surface area (Å²) in [5.74, 6) is 0.817. The van der Waals surface area contributed by atoms with Gasteiger partial charge in [-0.15, -0.1) is 0 Å². The monoisotopic (exact) mass is 1550 g/mol. The van der Waals surface area contributed by atoms with Gasteiger partial charge in [0.15, 0.2) is 0 Å². The Bertz CT molecular complexity index is 5080. The normalized spacial score (nSPS) is 16.9. The lowest BCUT2D eigenvalue weighted by molar-refractivity contribution is 0.0171. The molecule has 6 aromatic carbocycles. The van der Waals surface area contributed by atoms with E-state index in [4.69, 9.17) is 78.6 Å². The molecule has 0 atom stereocenters. The molecule has 0 radical (unpaired) electrons. The quantitative estimate of drug-likeness (QED) is 0.0438. The summed E-state index contributed by atoms with van der Waals surface area (Å²) in [5, 5.41) is 0.572. The largest absolute Gasteiger partial charge is 0.495 e. The van der Waals surface area contributed by atoms with Crippen LogP contribution in [0.1, 0.15) is 110 Å². The molecule has 0 unspecified atom stereocenters. The Morgan fingerprint density at radius 3 is 1.05 bits per heavy atom. The van der Waals surface area contributed by atoms with Gasteiger partial charge in [-0.1, -0.05) is 89.4 Å². The fraction of sp³-hybridized carbons (Fsp3) is 0.338. The second-order valence-corrected chi connectivity index (χ2v) is 34.9. The number of hydrogen-bond acceptors (Lipinski definition) is 16. The van der Waals surface area contributed by atoms with E-state index < -0.39 is 67.3 Å². The van der Waals surface area contributed by atoms with Crippen LogP contribution in [0.4, 0.5) is 8.78 Å². The zero-order valence-electron chi connectivity index (χ0n) is 57.5. The number of methoxy groups -OCH3 is 1. The molecule has 0 saturated heterocycles. The topological polar surface area (TPSA) is 212 Å². The van der Waals surface area contributed by atoms with Crippen LogP contribution in [0.5, 0.6) is 23.0 Å². The van der Waals surface area contributed by atoms with Crippen molar-refractivity contribution in [3.05, 3.63) is 225 Å². The molecule has 6 saturated carbocycles. The number of benzene rings is 6. The molecule has 6 aliphatic carbocycles. The van der Waals surface area contributed by atoms with Crippen molar-refractivity contribution in [3.63, 3.8) is 0 Å². The summed E-state index contributed by atoms with van der Waals surface area (Å²) in [6.07, 6.45) is 22.7. The van der Waals surface area contributed by atoms with Crippen molar-refractivity contribution >= 4 is 74.6 Å². The molecule has 0 amide bonds. The fourth-order valence-corrected chi connectivity index (χ4v) is 15.7. The number of sulfonamides is 2. The average molecular weight is 1550 g/mol. The maximum atomic E-state index is 14.5. The first-order chi connectivity index (χ1) is 49.7. The first-order valence-corrected chi connectivity index (χ1v) is 40.2. The van der Waals surface area contributed by atoms with Crippen molar-refractivity contribution in [2.24, 2.45) is 0 Å². The van der Waals surface area contributed by atoms with Crippen LogP contribution in [0.2, 0.25) is 15.1 Å². The number of rotatable bonds is 27. The highest BCUT2D eigenvalue weighted by molar-refractivity contribution is 8.13. The van der Waals surface area contributed by atoms with E-state index in [0.717, 1.165) is 171 Å². The molecule has 0 N–H and O–H groups in total. The zero-order chi connectivity index (χ0) is 73.5. The Labute approximate surface area is 624 Å². The minimum absolute atomic E-state index is 0.00687. The van der Waals surface area contributed by atoms with Gasteiger partial charge in [-0.25, -0.2) is 42.6 Å². The van der Waals surface area contributed by atoms with Crippen LogP contribution in [0.3, 0.4) is 0 Å². The van der Waals surface area contributed by atoms with Gasteiger partial charge in [-0.2, -0.15) is 0 Å². The first kappa shape index (κ1) is 74.9. The minimum atomic E-state index is -4.26. The summed E-state index contributed by atoms with van der Waals surface area (Å²) in [6.45, 7) is 0.171. The van der Waals surface area contributed by atoms with Crippen LogP contribution in [0.25, 0.3) is 33.4 Å². The molecular formula is C77H75Cl4F2N5O13S3. The summed E-state index contributed by atoms with van der Waals surface area (Å²) >= 11 is 18.9. The first-order valence-electron chi connectivity index (χ1n) is 33.9. The smallest absolute Gasteiger partial charge is 0.264 e. The number of halogens is 6. The molecule has 3 heterocycles. The lowest BCUT2D eigenvalue weighted by Crippen LogP contribution is -2.23. The molecule has 18 nitrogen and oxygen atoms in total. The molecule has 15 rings (SSSR count). The van der Waals surface area contributed by atoms with Crippen molar-refractivity contribution in [3.8, 4) is 56.4 Å². The second-order valence-electron chi connectivity index (χ2n) is 26.9. The van der Waals surface area contributed by atoms with Crippen molar-refractivity contribution in [1.29, 1.82) is 0 Å². The van der Waals surface area contributed by atoms with E-state index in [1.165, 1.54) is 53.5 Å². The van der Waals surface area contributed by atoms with Crippen molar-refractivity contribution < 1.29 is 67.2 Å². The molecule has 27 heteroatoms. The van der Waals surface area contributed by atoms with E-state index in [1.54, 1.807) is 24.8 Å². The summed E-state index contributed by atoms with van der Waals surface area (Å²) in [7, 11) is 0.491. The van der Waals surface area contributed by atoms with E-state index >= 15 is 0 Å². The van der Waals surface area contributed by atoms with Crippen LogP contribution in [0.15, 0.2) is 179 Å². The molecule has 6 aliphatic rings. The Hall–Kier alpha value is -7.36. The van der Waals surface area contributed by atoms with Crippen LogP contribution in [-0.2, 0) is 79.9 Å². The third-order valence-corrected chi connectivity index (χ3v) is 24.9. The Morgan fingerprint density at radius 1 is 0.423 bits per heavy atom. The van der Waals surface area contributed by atoms with Gasteiger partial charge in [-0.05, 0) is 177 Å². The van der Waals surface area contributed by atoms with Crippen molar-refractivity contribution in [2.45, 2.75) is 147 Å². The maximum Gasteiger partial charge on any atom is 0.264 e. The summed E-state index contributed by atoms with van der Waals surface area (Å²) < 4.78 is 148. The SMILES string of the molecule is CN(C)S(=O)(=O)c1cc(COC2(c3cnccc3-c3ccccc3OC3CC3)CC2)c(Cl)cc1F.COc1cc(Cl)c(COC2(c3cnccc3-c3ccccc3OC3CC3)CC2)cc1S(=O)(=O)N(C)C.O=S(=O)(Cl)c1cc(COC2(c3cnccc3-c3ccccc3OC3CC3)CC2)c(Cl)cc1F. The number of hydrogen-bond donors (Lipinski definition) is 0. The number of ether oxygens (including phenoxy) is 7. The van der Waals surface area contributed by atoms with E-state index in [1.807, 2.05) is 97.3 Å². The number of nitrogens with zero attached hydrogens (tertiary/aromatic N) is 5. The van der Waals surface area contributed by atoms with E-state index in [-0.39, 0.29) is 58.8 Å². The molecule has 0 aliphatic heterocycles. The van der Waals surface area contributed by atoms with Crippen molar-refractivity contribution in [2.75, 3.05) is 35.3 Å². The molecule has 0 spiro atoms. The minimum Gasteiger partial charge on any atom is -0.495 e. The van der Waals surface area contributed by atoms with Gasteiger partial charge in [0.05, 0.1) is 62.0 Å². The van der Waals surface area contributed by atoms with Gasteiger partial charge >= 0.3 is 0 Å². The molecule has 104 heavy (non-hydrogen) atoms. The van der Waals surface area contributed by atoms with Crippen LogP contribution >= 0.6 is 45.5 Å². The molecule has 6 fully saturated rings. The van der Waals surface area contributed by atoms with Gasteiger partial charge in [0, 0.05) is 131 Å². The van der Waals surface area contributed by atoms with Crippen molar-refractivity contribution in [1.82, 2.24) is 23.6 Å². The molecule has 3 aromatic heterocycles. The van der Waals surface area contributed by atoms with Gasteiger partial charge in [0.25, 0.3) is 9.05 Å². The van der Waals surface area contributed by atoms with Gasteiger partial charge in [-0.3, -0.25) is 15.0 Å². The Morgan fingerprint density at radius 2 is 0.731 bits per heavy atom. The summed E-state index contributed by atoms with van der Waals surface area (Å²) in [5.41, 5.74) is 8.37. The highest BCUT2D eigenvalue weighted by atomic mass is 35.7. The highest BCUT2D eigenvalue weighted by Crippen LogP contribution is 2.57. The third-order valence-electron chi connectivity index (χ3n) is 18.9. The van der Waals surface area contributed by atoms with Crippen LogP contribution in [0, 0.1) is 11.6 Å². The molecule has 0 bridgehead atoms. The van der Waals surface area contributed by atoms with Crippen LogP contribution in [-0.4, -0.2) is 102 Å². The van der Waals surface area contributed by atoms with E-state index in [0.29, 0.717) is 21.7 Å². The van der Waals surface area contributed by atoms with Gasteiger partial charge in [0.2, 0.25) is 20.0 Å². The number of aromatic nitrogens is 3. The lowest BCUT2D eigenvalue weighted by atomic mass is 9.96. The van der Waals surface area contributed by atoms with Crippen LogP contribution < -0.4 is 18.9 Å². The average Bonchev–Trinajstić information content (AvgIpc) is 1.63. The molecule has 546 valence electrons. The predicted molar refractivity (Wildman–Crippen MR) is 393 cm³/mol. The standard InChI is InChI=1S/C27H29ClN2O5S.C26H26ClFN2O4S.C24H20Cl2FNO4S/c1-30(2)36(31,32)26-14-18(23(28)15-25(26)33-3)17-34-27(11-12-27)22-16-29-13-10-20(22)21-6-4-5-7-24(21)35-19-8-9-19;1-30(2)35(31,32)25-13-17(22(27)14-23(25)28)16-33-26(10-11-26)21-15-29-12-9-19(21)20-5-3-4-6-24(20)34-18-7-8-18;25-20-12-21(27)23(33(26,29)30)11-15(20)14-31-24(8-9-24)19-13-28-10-7-17(19)18-3-1-2-4-22(18)32-16-5-6-16/h4-7,10,13-16,19H,8-9,11-12,17H2,1-3H3;3-6,9,12-15,18H,7-8,10-11,16H2,1-2H3;1-4,7,10-13,16H,5-6,8-9,14H2. The maximum absolute atomic E-state index is 14.5. The fourth-order valence-electron chi connectivity index (χ4n) is 12.1. The summed E-state index contributed by atoms with van der Waals surface area (Å²) in [4.78, 5) is 12.1. The predicted octanol–water partition coefficient (Wildman–Crippen LogP) is 17.2. The Kier molecular flexibility index (Phi) is 22.0. The number of pyridine rings is 3. The number of para-hydroxylation sites is 3. The summed E-state index contributed by atoms with van der Waals surface area (Å²) in [6, 6.07) is 37.2. The molecule has 9 aromatic rings. The van der Waals surface area contributed by atoms with E-state index in [2.05, 4.69) is 21.0 Å². The zero-order valence-corrected chi connectivity index (χ0v) is 62.9. The van der Waals surface area contributed by atoms with E-state index in [9.17, 15) is 34.0 Å². The molecular weight excluding hydrogens is 1480 g/mol. The Balaban J connectivity index is 0.000000139. The third kappa shape index (κ3) is 16.7.